The highest BCUT2D eigenvalue weighted by Crippen LogP contribution is 1.93. The van der Waals surface area contributed by atoms with Crippen molar-refractivity contribution in [2.45, 2.75) is 26.4 Å². The van der Waals surface area contributed by atoms with Gasteiger partial charge in [-0.2, -0.15) is 0 Å². The molecule has 0 aliphatic carbocycles. The molecule has 60 valence electrons. The molecule has 0 aromatic rings. The van der Waals surface area contributed by atoms with Gasteiger partial charge >= 0.3 is 0 Å². The van der Waals surface area contributed by atoms with Gasteiger partial charge in [-0.1, -0.05) is 12.2 Å². The Morgan fingerprint density at radius 2 is 2.30 bits per heavy atom. The van der Waals surface area contributed by atoms with Crippen LogP contribution >= 0.6 is 0 Å². The summed E-state index contributed by atoms with van der Waals surface area (Å²) in [6.45, 7) is 8.58. The highest BCUT2D eigenvalue weighted by atomic mass is 16.5. The first kappa shape index (κ1) is 9.66. The maximum absolute atomic E-state index is 8.82. The van der Waals surface area contributed by atoms with Gasteiger partial charge in [0.1, 0.15) is 0 Å². The SMILES string of the molecule is C=C(C)COCCC(C)O. The molecule has 0 heterocycles. The van der Waals surface area contributed by atoms with Gasteiger partial charge in [-0.3, -0.25) is 0 Å². The van der Waals surface area contributed by atoms with Crippen LogP contribution in [0.5, 0.6) is 0 Å². The van der Waals surface area contributed by atoms with Gasteiger partial charge in [0.15, 0.2) is 0 Å². The molecule has 2 heteroatoms. The monoisotopic (exact) mass is 144 g/mol. The van der Waals surface area contributed by atoms with Crippen LogP contribution in [0.4, 0.5) is 0 Å². The van der Waals surface area contributed by atoms with Crippen molar-refractivity contribution in [3.63, 3.8) is 0 Å². The van der Waals surface area contributed by atoms with Gasteiger partial charge in [-0.25, -0.2) is 0 Å². The van der Waals surface area contributed by atoms with E-state index in [9.17, 15) is 0 Å². The quantitative estimate of drug-likeness (QED) is 0.466. The fourth-order valence-electron chi connectivity index (χ4n) is 0.500. The molecule has 0 aromatic carbocycles. The zero-order chi connectivity index (χ0) is 7.98. The minimum Gasteiger partial charge on any atom is -0.393 e. The largest absolute Gasteiger partial charge is 0.393 e. The molecule has 0 amide bonds. The summed E-state index contributed by atoms with van der Waals surface area (Å²) < 4.78 is 5.15. The lowest BCUT2D eigenvalue weighted by Crippen LogP contribution is -2.06. The average Bonchev–Trinajstić information content (AvgIpc) is 1.79. The zero-order valence-electron chi connectivity index (χ0n) is 6.76. The number of hydrogen-bond acceptors (Lipinski definition) is 2. The van der Waals surface area contributed by atoms with Crippen molar-refractivity contribution in [2.75, 3.05) is 13.2 Å². The van der Waals surface area contributed by atoms with E-state index in [0.29, 0.717) is 19.6 Å². The molecule has 0 spiro atoms. The van der Waals surface area contributed by atoms with Crippen LogP contribution in [0.3, 0.4) is 0 Å². The van der Waals surface area contributed by atoms with Gasteiger partial charge in [-0.15, -0.1) is 0 Å². The molecule has 10 heavy (non-hydrogen) atoms. The first-order chi connectivity index (χ1) is 4.63. The first-order valence-electron chi connectivity index (χ1n) is 3.53. The van der Waals surface area contributed by atoms with Crippen molar-refractivity contribution in [1.29, 1.82) is 0 Å². The van der Waals surface area contributed by atoms with Gasteiger partial charge in [-0.05, 0) is 20.3 Å². The van der Waals surface area contributed by atoms with E-state index in [1.54, 1.807) is 6.92 Å². The topological polar surface area (TPSA) is 29.5 Å². The zero-order valence-corrected chi connectivity index (χ0v) is 6.76. The summed E-state index contributed by atoms with van der Waals surface area (Å²) in [5.41, 5.74) is 1.02. The molecule has 0 saturated carbocycles. The maximum Gasteiger partial charge on any atom is 0.0671 e. The molecule has 0 rings (SSSR count). The van der Waals surface area contributed by atoms with Crippen molar-refractivity contribution in [1.82, 2.24) is 0 Å². The van der Waals surface area contributed by atoms with Gasteiger partial charge in [0.05, 0.1) is 12.7 Å². The van der Waals surface area contributed by atoms with Crippen molar-refractivity contribution in [3.8, 4) is 0 Å². The Morgan fingerprint density at radius 1 is 1.70 bits per heavy atom. The fourth-order valence-corrected chi connectivity index (χ4v) is 0.500. The fraction of sp³-hybridized carbons (Fsp3) is 0.750. The van der Waals surface area contributed by atoms with E-state index in [4.69, 9.17) is 9.84 Å². The summed E-state index contributed by atoms with van der Waals surface area (Å²) in [5.74, 6) is 0. The molecule has 2 nitrogen and oxygen atoms in total. The second-order valence-electron chi connectivity index (χ2n) is 2.65. The molecule has 0 bridgehead atoms. The van der Waals surface area contributed by atoms with E-state index in [2.05, 4.69) is 6.58 Å². The maximum atomic E-state index is 8.82. The minimum absolute atomic E-state index is 0.259. The third-order valence-corrected chi connectivity index (χ3v) is 1.03. The van der Waals surface area contributed by atoms with E-state index >= 15 is 0 Å². The molecule has 1 N–H and O–H groups in total. The van der Waals surface area contributed by atoms with E-state index in [1.165, 1.54) is 0 Å². The molecule has 1 unspecified atom stereocenters. The Balaban J connectivity index is 2.98. The van der Waals surface area contributed by atoms with E-state index in [0.717, 1.165) is 5.57 Å². The van der Waals surface area contributed by atoms with Crippen LogP contribution in [0.25, 0.3) is 0 Å². The van der Waals surface area contributed by atoms with Crippen LogP contribution in [0.2, 0.25) is 0 Å². The van der Waals surface area contributed by atoms with Crippen LogP contribution < -0.4 is 0 Å². The third kappa shape index (κ3) is 7.66. The minimum atomic E-state index is -0.259. The van der Waals surface area contributed by atoms with Crippen LogP contribution in [0, 0.1) is 0 Å². The number of aliphatic hydroxyl groups is 1. The highest BCUT2D eigenvalue weighted by Gasteiger charge is 1.94. The second kappa shape index (κ2) is 5.45. The van der Waals surface area contributed by atoms with Gasteiger partial charge in [0.2, 0.25) is 0 Å². The summed E-state index contributed by atoms with van der Waals surface area (Å²) in [6.07, 6.45) is 0.443. The van der Waals surface area contributed by atoms with Crippen molar-refractivity contribution in [2.24, 2.45) is 0 Å². The number of ether oxygens (including phenoxy) is 1. The van der Waals surface area contributed by atoms with Gasteiger partial charge in [0, 0.05) is 6.61 Å². The van der Waals surface area contributed by atoms with Crippen LogP contribution in [0.15, 0.2) is 12.2 Å². The van der Waals surface area contributed by atoms with Gasteiger partial charge < -0.3 is 9.84 Å². The van der Waals surface area contributed by atoms with E-state index < -0.39 is 0 Å². The average molecular weight is 144 g/mol. The predicted octanol–water partition coefficient (Wildman–Crippen LogP) is 1.35. The summed E-state index contributed by atoms with van der Waals surface area (Å²) in [6, 6.07) is 0. The van der Waals surface area contributed by atoms with Crippen LogP contribution in [-0.4, -0.2) is 24.4 Å². The molecule has 0 radical (unpaired) electrons. The van der Waals surface area contributed by atoms with Crippen molar-refractivity contribution in [3.05, 3.63) is 12.2 Å². The molecule has 0 aromatic heterocycles. The normalized spacial score (nSPS) is 13.1. The molecular weight excluding hydrogens is 128 g/mol. The molecular formula is C8H16O2. The standard InChI is InChI=1S/C8H16O2/c1-7(2)6-10-5-4-8(3)9/h8-9H,1,4-6H2,2-3H3. The summed E-state index contributed by atoms with van der Waals surface area (Å²) in [4.78, 5) is 0. The Hall–Kier alpha value is -0.340. The second-order valence-corrected chi connectivity index (χ2v) is 2.65. The Labute approximate surface area is 62.5 Å². The van der Waals surface area contributed by atoms with E-state index in [-0.39, 0.29) is 6.10 Å². The Kier molecular flexibility index (Phi) is 5.26. The smallest absolute Gasteiger partial charge is 0.0671 e. The molecule has 0 aliphatic heterocycles. The lowest BCUT2D eigenvalue weighted by molar-refractivity contribution is 0.102. The van der Waals surface area contributed by atoms with Crippen molar-refractivity contribution >= 4 is 0 Å². The first-order valence-corrected chi connectivity index (χ1v) is 3.53. The molecule has 0 fully saturated rings. The number of aliphatic hydroxyl groups excluding tert-OH is 1. The Morgan fingerprint density at radius 3 is 2.70 bits per heavy atom. The summed E-state index contributed by atoms with van der Waals surface area (Å²) in [7, 11) is 0. The summed E-state index contributed by atoms with van der Waals surface area (Å²) >= 11 is 0. The Bertz CT molecular complexity index is 97.4. The van der Waals surface area contributed by atoms with Gasteiger partial charge in [0.25, 0.3) is 0 Å². The predicted molar refractivity (Wildman–Crippen MR) is 41.9 cm³/mol. The lowest BCUT2D eigenvalue weighted by atomic mass is 10.3. The lowest BCUT2D eigenvalue weighted by Gasteiger charge is -2.04. The third-order valence-electron chi connectivity index (χ3n) is 1.03. The van der Waals surface area contributed by atoms with Crippen LogP contribution in [0.1, 0.15) is 20.3 Å². The van der Waals surface area contributed by atoms with Crippen LogP contribution in [-0.2, 0) is 4.74 Å². The summed E-state index contributed by atoms with van der Waals surface area (Å²) in [5, 5.41) is 8.82. The number of hydrogen-bond donors (Lipinski definition) is 1. The molecule has 1 atom stereocenters. The van der Waals surface area contributed by atoms with Crippen molar-refractivity contribution < 1.29 is 9.84 Å². The number of rotatable bonds is 5. The molecule has 0 aliphatic rings. The highest BCUT2D eigenvalue weighted by molar-refractivity contribution is 4.87. The molecule has 0 saturated heterocycles. The van der Waals surface area contributed by atoms with E-state index in [1.807, 2.05) is 6.92 Å².